The summed E-state index contributed by atoms with van der Waals surface area (Å²) >= 11 is 0. The van der Waals surface area contributed by atoms with Gasteiger partial charge in [0.2, 0.25) is 0 Å². The van der Waals surface area contributed by atoms with E-state index in [1.54, 1.807) is 29.1 Å². The summed E-state index contributed by atoms with van der Waals surface area (Å²) in [5.41, 5.74) is -0.112. The molecular formula is C18H14F3N3O. The lowest BCUT2D eigenvalue weighted by Gasteiger charge is -2.19. The highest BCUT2D eigenvalue weighted by atomic mass is 19.4. The summed E-state index contributed by atoms with van der Waals surface area (Å²) in [5.74, 6) is -0.333. The molecule has 0 radical (unpaired) electrons. The summed E-state index contributed by atoms with van der Waals surface area (Å²) in [4.78, 5) is 16.4. The summed E-state index contributed by atoms with van der Waals surface area (Å²) in [6.45, 7) is 0. The van der Waals surface area contributed by atoms with E-state index in [0.29, 0.717) is 6.20 Å². The van der Waals surface area contributed by atoms with Crippen molar-refractivity contribution in [2.45, 2.75) is 12.2 Å². The topological polar surface area (TPSA) is 46.9 Å². The fourth-order valence-corrected chi connectivity index (χ4v) is 2.44. The largest absolute Gasteiger partial charge is 0.417 e. The number of nitrogens with one attached hydrogen (secondary N) is 1. The minimum Gasteiger partial charge on any atom is -0.338 e. The number of nitrogens with zero attached hydrogens (tertiary/aromatic N) is 2. The van der Waals surface area contributed by atoms with E-state index in [2.05, 4.69) is 10.3 Å². The van der Waals surface area contributed by atoms with Crippen LogP contribution in [0.5, 0.6) is 0 Å². The van der Waals surface area contributed by atoms with E-state index in [0.717, 1.165) is 17.7 Å². The van der Waals surface area contributed by atoms with Gasteiger partial charge in [0.05, 0.1) is 5.56 Å². The number of aromatic nitrogens is 2. The summed E-state index contributed by atoms with van der Waals surface area (Å²) in [7, 11) is 0. The number of halogens is 3. The van der Waals surface area contributed by atoms with Crippen LogP contribution in [-0.4, -0.2) is 15.5 Å². The first kappa shape index (κ1) is 16.8. The minimum absolute atomic E-state index is 0.0612. The molecule has 0 bridgehead atoms. The standard InChI is InChI=1S/C18H14F3N3O/c19-18(20,21)14-8-9-15(22-12-14)23-17(25)16(24-10-4-5-11-24)13-6-2-1-3-7-13/h1-12,16H,(H,22,23,25). The van der Waals surface area contributed by atoms with Gasteiger partial charge in [0.15, 0.2) is 0 Å². The Morgan fingerprint density at radius 2 is 1.68 bits per heavy atom. The second-order valence-electron chi connectivity index (χ2n) is 5.36. The first-order valence-corrected chi connectivity index (χ1v) is 7.46. The lowest BCUT2D eigenvalue weighted by atomic mass is 10.1. The number of amides is 1. The third-order valence-corrected chi connectivity index (χ3v) is 3.63. The summed E-state index contributed by atoms with van der Waals surface area (Å²) in [5, 5.41) is 2.57. The Kier molecular flexibility index (Phi) is 4.56. The molecule has 7 heteroatoms. The number of hydrogen-bond donors (Lipinski definition) is 1. The number of alkyl halides is 3. The molecule has 0 aliphatic heterocycles. The third-order valence-electron chi connectivity index (χ3n) is 3.63. The van der Waals surface area contributed by atoms with Crippen molar-refractivity contribution in [1.82, 2.24) is 9.55 Å². The van der Waals surface area contributed by atoms with Crippen molar-refractivity contribution in [3.05, 3.63) is 84.3 Å². The van der Waals surface area contributed by atoms with Crippen LogP contribution in [-0.2, 0) is 11.0 Å². The molecule has 1 aromatic carbocycles. The van der Waals surface area contributed by atoms with E-state index in [9.17, 15) is 18.0 Å². The molecule has 25 heavy (non-hydrogen) atoms. The molecule has 2 aromatic heterocycles. The SMILES string of the molecule is O=C(Nc1ccc(C(F)(F)F)cn1)C(c1ccccc1)n1cccc1. The lowest BCUT2D eigenvalue weighted by molar-refractivity contribution is -0.137. The maximum Gasteiger partial charge on any atom is 0.417 e. The highest BCUT2D eigenvalue weighted by molar-refractivity contribution is 5.95. The maximum atomic E-state index is 12.7. The van der Waals surface area contributed by atoms with Crippen LogP contribution in [0.3, 0.4) is 0 Å². The second-order valence-corrected chi connectivity index (χ2v) is 5.36. The van der Waals surface area contributed by atoms with Gasteiger partial charge < -0.3 is 9.88 Å². The van der Waals surface area contributed by atoms with Crippen molar-refractivity contribution in [1.29, 1.82) is 0 Å². The highest BCUT2D eigenvalue weighted by Crippen LogP contribution is 2.29. The Morgan fingerprint density at radius 1 is 1.00 bits per heavy atom. The predicted octanol–water partition coefficient (Wildman–Crippen LogP) is 4.13. The number of carbonyl (C=O) groups excluding carboxylic acids is 1. The molecular weight excluding hydrogens is 331 g/mol. The number of anilines is 1. The van der Waals surface area contributed by atoms with Crippen LogP contribution in [0.1, 0.15) is 17.2 Å². The quantitative estimate of drug-likeness (QED) is 0.773. The predicted molar refractivity (Wildman–Crippen MR) is 86.9 cm³/mol. The average Bonchev–Trinajstić information content (AvgIpc) is 3.10. The molecule has 0 aliphatic rings. The number of hydrogen-bond acceptors (Lipinski definition) is 2. The van der Waals surface area contributed by atoms with Crippen LogP contribution in [0.2, 0.25) is 0 Å². The molecule has 0 spiro atoms. The van der Waals surface area contributed by atoms with Crippen LogP contribution >= 0.6 is 0 Å². The number of pyridine rings is 1. The van der Waals surface area contributed by atoms with Gasteiger partial charge >= 0.3 is 6.18 Å². The van der Waals surface area contributed by atoms with E-state index >= 15 is 0 Å². The first-order chi connectivity index (χ1) is 11.9. The van der Waals surface area contributed by atoms with Gasteiger partial charge in [0.25, 0.3) is 5.91 Å². The van der Waals surface area contributed by atoms with E-state index in [1.165, 1.54) is 0 Å². The zero-order valence-corrected chi connectivity index (χ0v) is 12.9. The average molecular weight is 345 g/mol. The molecule has 1 atom stereocenters. The Morgan fingerprint density at radius 3 is 2.24 bits per heavy atom. The van der Waals surface area contributed by atoms with Gasteiger partial charge in [-0.15, -0.1) is 0 Å². The van der Waals surface area contributed by atoms with Gasteiger partial charge in [-0.3, -0.25) is 4.79 Å². The molecule has 4 nitrogen and oxygen atoms in total. The molecule has 1 amide bonds. The molecule has 2 heterocycles. The summed E-state index contributed by atoms with van der Waals surface area (Å²) < 4.78 is 39.5. The molecule has 3 aromatic rings. The van der Waals surface area contributed by atoms with Crippen molar-refractivity contribution in [2.75, 3.05) is 5.32 Å². The van der Waals surface area contributed by atoms with Crippen molar-refractivity contribution in [2.24, 2.45) is 0 Å². The van der Waals surface area contributed by atoms with Gasteiger partial charge in [-0.1, -0.05) is 30.3 Å². The number of benzene rings is 1. The molecule has 0 saturated heterocycles. The van der Waals surface area contributed by atoms with Crippen LogP contribution in [0.15, 0.2) is 73.2 Å². The molecule has 0 saturated carbocycles. The van der Waals surface area contributed by atoms with Gasteiger partial charge in [-0.05, 0) is 29.8 Å². The van der Waals surface area contributed by atoms with Crippen molar-refractivity contribution in [3.63, 3.8) is 0 Å². The maximum absolute atomic E-state index is 12.7. The normalized spacial score (nSPS) is 12.6. The highest BCUT2D eigenvalue weighted by Gasteiger charge is 2.31. The second kappa shape index (κ2) is 6.80. The third kappa shape index (κ3) is 3.88. The lowest BCUT2D eigenvalue weighted by Crippen LogP contribution is -2.26. The molecule has 1 unspecified atom stereocenters. The van der Waals surface area contributed by atoms with Gasteiger partial charge in [0, 0.05) is 18.6 Å². The van der Waals surface area contributed by atoms with E-state index in [-0.39, 0.29) is 5.82 Å². The Labute approximate surface area is 141 Å². The summed E-state index contributed by atoms with van der Waals surface area (Å²) in [6.07, 6.45) is -0.273. The molecule has 128 valence electrons. The van der Waals surface area contributed by atoms with Gasteiger partial charge in [-0.2, -0.15) is 13.2 Å². The first-order valence-electron chi connectivity index (χ1n) is 7.46. The van der Waals surface area contributed by atoms with Crippen molar-refractivity contribution < 1.29 is 18.0 Å². The number of rotatable bonds is 4. The fraction of sp³-hybridized carbons (Fsp3) is 0.111. The zero-order valence-electron chi connectivity index (χ0n) is 12.9. The van der Waals surface area contributed by atoms with E-state index in [1.807, 2.05) is 30.3 Å². The van der Waals surface area contributed by atoms with Crippen LogP contribution < -0.4 is 5.32 Å². The fourth-order valence-electron chi connectivity index (χ4n) is 2.44. The zero-order chi connectivity index (χ0) is 17.9. The number of carbonyl (C=O) groups is 1. The Hall–Kier alpha value is -3.09. The molecule has 0 aliphatic carbocycles. The smallest absolute Gasteiger partial charge is 0.338 e. The van der Waals surface area contributed by atoms with Crippen LogP contribution in [0.25, 0.3) is 0 Å². The van der Waals surface area contributed by atoms with E-state index < -0.39 is 23.7 Å². The summed E-state index contributed by atoms with van der Waals surface area (Å²) in [6, 6.07) is 14.0. The minimum atomic E-state index is -4.47. The van der Waals surface area contributed by atoms with Crippen molar-refractivity contribution >= 4 is 11.7 Å². The monoisotopic (exact) mass is 345 g/mol. The van der Waals surface area contributed by atoms with Gasteiger partial charge in [-0.25, -0.2) is 4.98 Å². The molecule has 3 rings (SSSR count). The van der Waals surface area contributed by atoms with Crippen LogP contribution in [0.4, 0.5) is 19.0 Å². The van der Waals surface area contributed by atoms with Crippen LogP contribution in [0, 0.1) is 0 Å². The van der Waals surface area contributed by atoms with Gasteiger partial charge in [0.1, 0.15) is 11.9 Å². The molecule has 0 fully saturated rings. The molecule has 1 N–H and O–H groups in total. The van der Waals surface area contributed by atoms with E-state index in [4.69, 9.17) is 0 Å². The van der Waals surface area contributed by atoms with Crippen molar-refractivity contribution in [3.8, 4) is 0 Å². The Balaban J connectivity index is 1.84. The Bertz CT molecular complexity index is 828.